The zero-order valence-electron chi connectivity index (χ0n) is 33.1. The first kappa shape index (κ1) is 35.2. The minimum Gasteiger partial charge on any atom is -0.455 e. The fraction of sp³-hybridized carbons (Fsp3) is 0. The summed E-state index contributed by atoms with van der Waals surface area (Å²) in [6, 6.07) is 81.3. The molecular weight excluding hydrogens is 759 g/mol. The normalized spacial score (nSPS) is 11.6. The Morgan fingerprint density at radius 2 is 0.869 bits per heavy atom. The molecular formula is C58H37NOS. The lowest BCUT2D eigenvalue weighted by Crippen LogP contribution is -2.12. The smallest absolute Gasteiger partial charge is 0.143 e. The van der Waals surface area contributed by atoms with Gasteiger partial charge in [0.05, 0.1) is 11.4 Å². The summed E-state index contributed by atoms with van der Waals surface area (Å²) in [5.41, 5.74) is 14.3. The Hall–Kier alpha value is -7.72. The van der Waals surface area contributed by atoms with E-state index in [0.717, 1.165) is 61.3 Å². The van der Waals surface area contributed by atoms with Crippen molar-refractivity contribution >= 4 is 81.3 Å². The van der Waals surface area contributed by atoms with Gasteiger partial charge in [-0.05, 0) is 87.1 Å². The summed E-state index contributed by atoms with van der Waals surface area (Å²) in [4.78, 5) is 2.45. The summed E-state index contributed by atoms with van der Waals surface area (Å²) in [6.45, 7) is 0. The van der Waals surface area contributed by atoms with E-state index in [1.165, 1.54) is 53.2 Å². The van der Waals surface area contributed by atoms with E-state index < -0.39 is 0 Å². The summed E-state index contributed by atoms with van der Waals surface area (Å²) in [7, 11) is 0. The van der Waals surface area contributed by atoms with Gasteiger partial charge in [0.2, 0.25) is 0 Å². The third-order valence-electron chi connectivity index (χ3n) is 12.1. The minimum atomic E-state index is 0.901. The third-order valence-corrected chi connectivity index (χ3v) is 13.3. The molecule has 0 radical (unpaired) electrons. The van der Waals surface area contributed by atoms with E-state index in [1.54, 1.807) is 0 Å². The molecule has 12 aromatic rings. The van der Waals surface area contributed by atoms with E-state index in [1.807, 2.05) is 23.5 Å². The van der Waals surface area contributed by atoms with Crippen molar-refractivity contribution < 1.29 is 4.42 Å². The first-order chi connectivity index (χ1) is 30.3. The van der Waals surface area contributed by atoms with Crippen molar-refractivity contribution in [2.45, 2.75) is 0 Å². The number of hydrogen-bond acceptors (Lipinski definition) is 3. The molecule has 0 aliphatic heterocycles. The Labute approximate surface area is 357 Å². The Kier molecular flexibility index (Phi) is 8.39. The molecule has 286 valence electrons. The van der Waals surface area contributed by atoms with Crippen molar-refractivity contribution in [3.05, 3.63) is 224 Å². The molecule has 0 aliphatic carbocycles. The van der Waals surface area contributed by atoms with Crippen LogP contribution in [0.4, 0.5) is 17.1 Å². The van der Waals surface area contributed by atoms with Crippen LogP contribution in [0.3, 0.4) is 0 Å². The van der Waals surface area contributed by atoms with Gasteiger partial charge in [-0.1, -0.05) is 176 Å². The molecule has 10 aromatic carbocycles. The molecule has 0 atom stereocenters. The van der Waals surface area contributed by atoms with Crippen LogP contribution in [0.25, 0.3) is 97.4 Å². The molecule has 0 saturated heterocycles. The topological polar surface area (TPSA) is 16.4 Å². The van der Waals surface area contributed by atoms with Crippen molar-refractivity contribution in [3.8, 4) is 44.5 Å². The SMILES string of the molecule is c1ccc(-c2cccc3ccccc23)c(-c2ccccc2N(c2ccc(-c3cccc4c3oc3ccccc34)cc2)c2ccccc2-c2ccc3sc4ccccc4c3c2)c1. The van der Waals surface area contributed by atoms with Crippen LogP contribution in [0, 0.1) is 0 Å². The highest BCUT2D eigenvalue weighted by atomic mass is 32.1. The Morgan fingerprint density at radius 3 is 1.70 bits per heavy atom. The summed E-state index contributed by atoms with van der Waals surface area (Å²) in [5.74, 6) is 0. The predicted molar refractivity (Wildman–Crippen MR) is 261 cm³/mol. The lowest BCUT2D eigenvalue weighted by molar-refractivity contribution is 0.670. The van der Waals surface area contributed by atoms with Gasteiger partial charge < -0.3 is 9.32 Å². The fourth-order valence-corrected chi connectivity index (χ4v) is 10.4. The zero-order valence-corrected chi connectivity index (χ0v) is 33.9. The number of furan rings is 1. The molecule has 0 spiro atoms. The zero-order chi connectivity index (χ0) is 40.3. The number of thiophene rings is 1. The van der Waals surface area contributed by atoms with Crippen LogP contribution >= 0.6 is 11.3 Å². The highest BCUT2D eigenvalue weighted by molar-refractivity contribution is 7.25. The lowest BCUT2D eigenvalue weighted by Gasteiger charge is -2.30. The highest BCUT2D eigenvalue weighted by Gasteiger charge is 2.23. The molecule has 2 aromatic heterocycles. The predicted octanol–water partition coefficient (Wildman–Crippen LogP) is 17.2. The molecule has 2 heterocycles. The number of nitrogens with zero attached hydrogens (tertiary/aromatic N) is 1. The number of rotatable bonds is 7. The Bertz CT molecular complexity index is 3610. The van der Waals surface area contributed by atoms with E-state index >= 15 is 0 Å². The lowest BCUT2D eigenvalue weighted by atomic mass is 9.90. The van der Waals surface area contributed by atoms with Crippen LogP contribution < -0.4 is 4.90 Å². The van der Waals surface area contributed by atoms with Gasteiger partial charge in [-0.15, -0.1) is 11.3 Å². The molecule has 0 aliphatic rings. The minimum absolute atomic E-state index is 0.901. The van der Waals surface area contributed by atoms with Crippen LogP contribution in [0.1, 0.15) is 0 Å². The number of benzene rings is 10. The molecule has 2 nitrogen and oxygen atoms in total. The largest absolute Gasteiger partial charge is 0.455 e. The van der Waals surface area contributed by atoms with Crippen LogP contribution in [0.15, 0.2) is 229 Å². The summed E-state index contributed by atoms with van der Waals surface area (Å²) >= 11 is 1.85. The van der Waals surface area contributed by atoms with E-state index in [2.05, 4.69) is 217 Å². The van der Waals surface area contributed by atoms with Gasteiger partial charge in [0.1, 0.15) is 11.2 Å². The van der Waals surface area contributed by atoms with Gasteiger partial charge in [-0.3, -0.25) is 0 Å². The first-order valence-electron chi connectivity index (χ1n) is 20.7. The third kappa shape index (κ3) is 5.93. The molecule has 3 heteroatoms. The van der Waals surface area contributed by atoms with Crippen molar-refractivity contribution in [2.75, 3.05) is 4.90 Å². The molecule has 61 heavy (non-hydrogen) atoms. The number of fused-ring (bicyclic) bond motifs is 7. The van der Waals surface area contributed by atoms with E-state index in [4.69, 9.17) is 4.42 Å². The first-order valence-corrected chi connectivity index (χ1v) is 21.6. The molecule has 0 N–H and O–H groups in total. The fourth-order valence-electron chi connectivity index (χ4n) is 9.29. The molecule has 0 unspecified atom stereocenters. The van der Waals surface area contributed by atoms with Crippen LogP contribution in [0.2, 0.25) is 0 Å². The molecule has 12 rings (SSSR count). The number of hydrogen-bond donors (Lipinski definition) is 0. The van der Waals surface area contributed by atoms with Crippen molar-refractivity contribution in [3.63, 3.8) is 0 Å². The number of anilines is 3. The van der Waals surface area contributed by atoms with Gasteiger partial charge in [-0.2, -0.15) is 0 Å². The monoisotopic (exact) mass is 795 g/mol. The van der Waals surface area contributed by atoms with Gasteiger partial charge in [0, 0.05) is 53.3 Å². The van der Waals surface area contributed by atoms with Gasteiger partial charge in [0.15, 0.2) is 0 Å². The maximum absolute atomic E-state index is 6.50. The van der Waals surface area contributed by atoms with E-state index in [0.29, 0.717) is 0 Å². The highest BCUT2D eigenvalue weighted by Crippen LogP contribution is 2.48. The average Bonchev–Trinajstić information content (AvgIpc) is 3.90. The van der Waals surface area contributed by atoms with Crippen molar-refractivity contribution in [2.24, 2.45) is 0 Å². The van der Waals surface area contributed by atoms with Crippen LogP contribution in [-0.2, 0) is 0 Å². The van der Waals surface area contributed by atoms with Gasteiger partial charge in [-0.25, -0.2) is 0 Å². The maximum atomic E-state index is 6.50. The second-order valence-corrected chi connectivity index (χ2v) is 16.7. The van der Waals surface area contributed by atoms with Crippen molar-refractivity contribution in [1.82, 2.24) is 0 Å². The average molecular weight is 796 g/mol. The second kappa shape index (κ2) is 14.5. The van der Waals surface area contributed by atoms with Gasteiger partial charge >= 0.3 is 0 Å². The molecule has 0 saturated carbocycles. The van der Waals surface area contributed by atoms with E-state index in [-0.39, 0.29) is 0 Å². The second-order valence-electron chi connectivity index (χ2n) is 15.6. The van der Waals surface area contributed by atoms with E-state index in [9.17, 15) is 0 Å². The summed E-state index contributed by atoms with van der Waals surface area (Å²) in [6.07, 6.45) is 0. The van der Waals surface area contributed by atoms with Crippen molar-refractivity contribution in [1.29, 1.82) is 0 Å². The Balaban J connectivity index is 1.07. The molecule has 0 fully saturated rings. The Morgan fingerprint density at radius 1 is 0.328 bits per heavy atom. The summed E-state index contributed by atoms with van der Waals surface area (Å²) in [5, 5.41) is 7.31. The number of para-hydroxylation sites is 4. The standard InChI is InChI=1S/C58H37NOS/c1-2-17-42-38(15-1)16-13-25-45(42)46-19-3-4-20-47(46)48-21-6-10-28-54(48)59(41-34-31-39(32-35-41)44-24-14-26-51-49-22-7-11-29-55(49)60-58(44)51)53-27-9-5-18-43(53)40-33-36-57-52(37-40)50-23-8-12-30-56(50)61-57/h1-37H. The molecule has 0 bridgehead atoms. The quantitative estimate of drug-likeness (QED) is 0.160. The van der Waals surface area contributed by atoms with Crippen LogP contribution in [0.5, 0.6) is 0 Å². The van der Waals surface area contributed by atoms with Crippen LogP contribution in [-0.4, -0.2) is 0 Å². The summed E-state index contributed by atoms with van der Waals surface area (Å²) < 4.78 is 9.10. The molecule has 0 amide bonds. The van der Waals surface area contributed by atoms with Gasteiger partial charge in [0.25, 0.3) is 0 Å². The maximum Gasteiger partial charge on any atom is 0.143 e.